The van der Waals surface area contributed by atoms with Gasteiger partial charge in [-0.15, -0.1) is 0 Å². The molecule has 5 heteroatoms. The fourth-order valence-corrected chi connectivity index (χ4v) is 2.53. The van der Waals surface area contributed by atoms with Crippen molar-refractivity contribution in [2.24, 2.45) is 11.8 Å². The molecule has 0 spiro atoms. The molecule has 0 aromatic heterocycles. The summed E-state index contributed by atoms with van der Waals surface area (Å²) in [5, 5.41) is 12.1. The summed E-state index contributed by atoms with van der Waals surface area (Å²) in [6.45, 7) is 3.82. The molecule has 2 atom stereocenters. The van der Waals surface area contributed by atoms with Crippen LogP contribution in [0.4, 0.5) is 5.69 Å². The number of hydrogen-bond acceptors (Lipinski definition) is 3. The van der Waals surface area contributed by atoms with Crippen molar-refractivity contribution >= 4 is 17.6 Å². The molecule has 1 aliphatic rings. The number of anilines is 1. The van der Waals surface area contributed by atoms with Gasteiger partial charge in [0.25, 0.3) is 0 Å². The monoisotopic (exact) mass is 303 g/mol. The second-order valence-corrected chi connectivity index (χ2v) is 5.65. The van der Waals surface area contributed by atoms with E-state index in [9.17, 15) is 14.7 Å². The zero-order chi connectivity index (χ0) is 16.1. The Kier molecular flexibility index (Phi) is 5.20. The third-order valence-corrected chi connectivity index (χ3v) is 3.59. The molecule has 1 amide bonds. The molecule has 0 saturated heterocycles. The number of hydrogen-bond donors (Lipinski definition) is 2. The average molecular weight is 303 g/mol. The molecule has 0 aliphatic heterocycles. The van der Waals surface area contributed by atoms with Crippen LogP contribution in [0.1, 0.15) is 26.7 Å². The van der Waals surface area contributed by atoms with Gasteiger partial charge in [-0.2, -0.15) is 0 Å². The Labute approximate surface area is 130 Å². The number of carbonyl (C=O) groups excluding carboxylic acids is 1. The van der Waals surface area contributed by atoms with Crippen LogP contribution in [0.3, 0.4) is 0 Å². The number of amides is 1. The van der Waals surface area contributed by atoms with E-state index >= 15 is 0 Å². The Morgan fingerprint density at radius 2 is 1.82 bits per heavy atom. The molecule has 0 bridgehead atoms. The highest BCUT2D eigenvalue weighted by molar-refractivity contribution is 5.96. The van der Waals surface area contributed by atoms with Crippen molar-refractivity contribution in [1.29, 1.82) is 0 Å². The predicted octanol–water partition coefficient (Wildman–Crippen LogP) is 3.08. The molecule has 2 rings (SSSR count). The van der Waals surface area contributed by atoms with Crippen LogP contribution >= 0.6 is 0 Å². The van der Waals surface area contributed by atoms with E-state index in [2.05, 4.69) is 5.32 Å². The molecule has 1 aromatic carbocycles. The molecule has 2 N–H and O–H groups in total. The zero-order valence-corrected chi connectivity index (χ0v) is 12.8. The van der Waals surface area contributed by atoms with Gasteiger partial charge in [0.15, 0.2) is 0 Å². The van der Waals surface area contributed by atoms with Gasteiger partial charge >= 0.3 is 5.97 Å². The fraction of sp³-hybridized carbons (Fsp3) is 0.412. The Morgan fingerprint density at radius 1 is 1.18 bits per heavy atom. The summed E-state index contributed by atoms with van der Waals surface area (Å²) in [7, 11) is 0. The smallest absolute Gasteiger partial charge is 0.307 e. The van der Waals surface area contributed by atoms with E-state index in [0.717, 1.165) is 0 Å². The van der Waals surface area contributed by atoms with Crippen LogP contribution in [-0.4, -0.2) is 23.1 Å². The number of rotatable bonds is 5. The lowest BCUT2D eigenvalue weighted by Crippen LogP contribution is -2.34. The van der Waals surface area contributed by atoms with E-state index in [1.165, 1.54) is 0 Å². The number of para-hydroxylation sites is 2. The minimum Gasteiger partial charge on any atom is -0.489 e. The van der Waals surface area contributed by atoms with Crippen molar-refractivity contribution in [3.63, 3.8) is 0 Å². The minimum absolute atomic E-state index is 0.0116. The van der Waals surface area contributed by atoms with Gasteiger partial charge < -0.3 is 15.2 Å². The average Bonchev–Trinajstić information content (AvgIpc) is 2.48. The first-order valence-corrected chi connectivity index (χ1v) is 7.43. The number of ether oxygens (including phenoxy) is 1. The molecule has 0 heterocycles. The number of carboxylic acid groups (broad SMARTS) is 1. The van der Waals surface area contributed by atoms with Gasteiger partial charge in [-0.1, -0.05) is 24.3 Å². The molecule has 5 nitrogen and oxygen atoms in total. The first-order valence-electron chi connectivity index (χ1n) is 7.43. The Morgan fingerprint density at radius 3 is 2.45 bits per heavy atom. The van der Waals surface area contributed by atoms with E-state index in [4.69, 9.17) is 4.74 Å². The fourth-order valence-electron chi connectivity index (χ4n) is 2.53. The van der Waals surface area contributed by atoms with Crippen molar-refractivity contribution in [2.45, 2.75) is 32.8 Å². The summed E-state index contributed by atoms with van der Waals surface area (Å²) in [5.41, 5.74) is 0.569. The number of carbonyl (C=O) groups is 2. The summed E-state index contributed by atoms with van der Waals surface area (Å²) < 4.78 is 5.66. The van der Waals surface area contributed by atoms with Crippen molar-refractivity contribution in [3.05, 3.63) is 36.4 Å². The summed E-state index contributed by atoms with van der Waals surface area (Å²) in [5.74, 6) is -1.87. The highest BCUT2D eigenvalue weighted by Gasteiger charge is 2.34. The largest absolute Gasteiger partial charge is 0.489 e. The van der Waals surface area contributed by atoms with E-state index in [0.29, 0.717) is 24.3 Å². The standard InChI is InChI=1S/C17H21NO4/c1-11(2)22-15-10-6-5-9-14(15)18-16(19)12-7-3-4-8-13(12)17(20)21/h3-6,9-13H,7-8H2,1-2H3,(H,18,19)(H,20,21). The molecular weight excluding hydrogens is 282 g/mol. The van der Waals surface area contributed by atoms with E-state index in [1.54, 1.807) is 18.2 Å². The van der Waals surface area contributed by atoms with Crippen LogP contribution < -0.4 is 10.1 Å². The SMILES string of the molecule is CC(C)Oc1ccccc1NC(=O)C1CC=CCC1C(=O)O. The van der Waals surface area contributed by atoms with Crippen molar-refractivity contribution in [1.82, 2.24) is 0 Å². The van der Waals surface area contributed by atoms with Crippen LogP contribution in [0.2, 0.25) is 0 Å². The zero-order valence-electron chi connectivity index (χ0n) is 12.8. The number of benzene rings is 1. The van der Waals surface area contributed by atoms with Gasteiger partial charge in [-0.05, 0) is 38.8 Å². The first kappa shape index (κ1) is 16.1. The first-order chi connectivity index (χ1) is 10.5. The van der Waals surface area contributed by atoms with Gasteiger partial charge in [-0.25, -0.2) is 0 Å². The molecule has 118 valence electrons. The molecule has 0 fully saturated rings. The summed E-state index contributed by atoms with van der Waals surface area (Å²) in [4.78, 5) is 23.8. The quantitative estimate of drug-likeness (QED) is 0.820. The molecule has 0 radical (unpaired) electrons. The number of aliphatic carboxylic acids is 1. The summed E-state index contributed by atoms with van der Waals surface area (Å²) in [6.07, 6.45) is 4.49. The molecule has 1 aliphatic carbocycles. The van der Waals surface area contributed by atoms with E-state index < -0.39 is 17.8 Å². The maximum Gasteiger partial charge on any atom is 0.307 e. The van der Waals surface area contributed by atoms with Gasteiger partial charge in [0.1, 0.15) is 5.75 Å². The lowest BCUT2D eigenvalue weighted by molar-refractivity contribution is -0.146. The van der Waals surface area contributed by atoms with Gasteiger partial charge in [0.05, 0.1) is 23.6 Å². The molecular formula is C17H21NO4. The Hall–Kier alpha value is -2.30. The van der Waals surface area contributed by atoms with Gasteiger partial charge in [-0.3, -0.25) is 9.59 Å². The molecule has 22 heavy (non-hydrogen) atoms. The van der Waals surface area contributed by atoms with Crippen molar-refractivity contribution in [3.8, 4) is 5.75 Å². The maximum atomic E-state index is 12.5. The van der Waals surface area contributed by atoms with E-state index in [-0.39, 0.29) is 12.0 Å². The summed E-state index contributed by atoms with van der Waals surface area (Å²) in [6, 6.07) is 7.17. The third-order valence-electron chi connectivity index (χ3n) is 3.59. The Bertz CT molecular complexity index is 580. The van der Waals surface area contributed by atoms with Crippen molar-refractivity contribution in [2.75, 3.05) is 5.32 Å². The van der Waals surface area contributed by atoms with Gasteiger partial charge in [0.2, 0.25) is 5.91 Å². The van der Waals surface area contributed by atoms with Crippen molar-refractivity contribution < 1.29 is 19.4 Å². The second kappa shape index (κ2) is 7.11. The molecule has 1 aromatic rings. The topological polar surface area (TPSA) is 75.6 Å². The number of nitrogens with one attached hydrogen (secondary N) is 1. The van der Waals surface area contributed by atoms with Crippen LogP contribution in [-0.2, 0) is 9.59 Å². The van der Waals surface area contributed by atoms with Crippen LogP contribution in [0, 0.1) is 11.8 Å². The van der Waals surface area contributed by atoms with E-state index in [1.807, 2.05) is 32.1 Å². The second-order valence-electron chi connectivity index (χ2n) is 5.65. The maximum absolute atomic E-state index is 12.5. The highest BCUT2D eigenvalue weighted by atomic mass is 16.5. The lowest BCUT2D eigenvalue weighted by Gasteiger charge is -2.24. The highest BCUT2D eigenvalue weighted by Crippen LogP contribution is 2.30. The normalized spacial score (nSPS) is 20.7. The minimum atomic E-state index is -0.934. The van der Waals surface area contributed by atoms with Crippen LogP contribution in [0.5, 0.6) is 5.75 Å². The summed E-state index contributed by atoms with van der Waals surface area (Å²) >= 11 is 0. The number of allylic oxidation sites excluding steroid dienone is 2. The lowest BCUT2D eigenvalue weighted by atomic mass is 9.82. The van der Waals surface area contributed by atoms with Gasteiger partial charge in [0, 0.05) is 0 Å². The van der Waals surface area contributed by atoms with Crippen LogP contribution in [0.25, 0.3) is 0 Å². The number of carboxylic acids is 1. The Balaban J connectivity index is 2.14. The van der Waals surface area contributed by atoms with Crippen LogP contribution in [0.15, 0.2) is 36.4 Å². The third kappa shape index (κ3) is 3.87. The molecule has 2 unspecified atom stereocenters. The molecule has 0 saturated carbocycles. The predicted molar refractivity (Wildman–Crippen MR) is 83.8 cm³/mol.